The van der Waals surface area contributed by atoms with E-state index in [9.17, 15) is 24.6 Å². The van der Waals surface area contributed by atoms with E-state index in [0.29, 0.717) is 18.4 Å². The zero-order chi connectivity index (χ0) is 16.2. The monoisotopic (exact) mass is 331 g/mol. The molecule has 2 aliphatic heterocycles. The Morgan fingerprint density at radius 3 is 2.61 bits per heavy atom. The number of aliphatic hydroxyl groups excluding tert-OH is 1. The van der Waals surface area contributed by atoms with Gasteiger partial charge in [0.25, 0.3) is 0 Å². The van der Waals surface area contributed by atoms with Crippen LogP contribution in [0.2, 0.25) is 0 Å². The summed E-state index contributed by atoms with van der Waals surface area (Å²) in [4.78, 5) is 36.1. The Balaban J connectivity index is 0.00000192. The van der Waals surface area contributed by atoms with E-state index in [1.54, 1.807) is 0 Å². The van der Waals surface area contributed by atoms with Crippen LogP contribution >= 0.6 is 0 Å². The van der Waals surface area contributed by atoms with E-state index in [2.05, 4.69) is 5.32 Å². The Morgan fingerprint density at radius 2 is 2.09 bits per heavy atom. The number of carboxylic acids is 1. The van der Waals surface area contributed by atoms with Gasteiger partial charge in [0.1, 0.15) is 0 Å². The summed E-state index contributed by atoms with van der Waals surface area (Å²) in [6.07, 6.45) is 1.21. The minimum Gasteiger partial charge on any atom is -0.543 e. The van der Waals surface area contributed by atoms with E-state index in [1.165, 1.54) is 11.8 Å². The van der Waals surface area contributed by atoms with Crippen LogP contribution in [0, 0.1) is 11.8 Å². The number of primary amides is 1. The van der Waals surface area contributed by atoms with Gasteiger partial charge in [-0.05, 0) is 25.3 Å². The SMILES string of the molecule is CC(O)[C@H]1C(=O)N2C(C(=O)[O-])=C3[C@@H](NC(N)=O)CCC[C@@H]3[C@H]12.[Na+]. The molecule has 3 amide bonds. The molecule has 120 valence electrons. The van der Waals surface area contributed by atoms with Crippen LogP contribution in [-0.2, 0) is 9.59 Å². The van der Waals surface area contributed by atoms with Gasteiger partial charge in [-0.25, -0.2) is 4.79 Å². The van der Waals surface area contributed by atoms with Gasteiger partial charge in [0.15, 0.2) is 0 Å². The van der Waals surface area contributed by atoms with Crippen molar-refractivity contribution in [2.75, 3.05) is 0 Å². The van der Waals surface area contributed by atoms with Gasteiger partial charge < -0.3 is 31.0 Å². The number of β-lactam (4-membered cyclic amide) rings is 1. The third kappa shape index (κ3) is 2.67. The molecule has 9 heteroatoms. The first-order valence-electron chi connectivity index (χ1n) is 7.37. The molecular formula is C14H18N3NaO5. The van der Waals surface area contributed by atoms with Gasteiger partial charge in [0, 0.05) is 5.92 Å². The molecule has 3 rings (SSSR count). The maximum atomic E-state index is 12.2. The molecule has 5 atom stereocenters. The van der Waals surface area contributed by atoms with E-state index in [4.69, 9.17) is 5.73 Å². The fourth-order valence-electron chi connectivity index (χ4n) is 4.20. The molecule has 1 saturated heterocycles. The van der Waals surface area contributed by atoms with Crippen LogP contribution in [0.15, 0.2) is 11.3 Å². The predicted molar refractivity (Wildman–Crippen MR) is 71.7 cm³/mol. The summed E-state index contributed by atoms with van der Waals surface area (Å²) in [5.41, 5.74) is 5.51. The van der Waals surface area contributed by atoms with Gasteiger partial charge in [-0.3, -0.25) is 4.79 Å². The van der Waals surface area contributed by atoms with Crippen molar-refractivity contribution >= 4 is 17.9 Å². The Morgan fingerprint density at radius 1 is 1.43 bits per heavy atom. The fraction of sp³-hybridized carbons (Fsp3) is 0.643. The summed E-state index contributed by atoms with van der Waals surface area (Å²) >= 11 is 0. The molecule has 0 aromatic carbocycles. The second-order valence-electron chi connectivity index (χ2n) is 6.16. The quantitative estimate of drug-likeness (QED) is 0.352. The molecule has 1 saturated carbocycles. The number of hydrogen-bond acceptors (Lipinski definition) is 5. The molecule has 1 unspecified atom stereocenters. The van der Waals surface area contributed by atoms with E-state index in [1.807, 2.05) is 0 Å². The maximum absolute atomic E-state index is 12.2. The summed E-state index contributed by atoms with van der Waals surface area (Å²) in [5.74, 6) is -2.63. The van der Waals surface area contributed by atoms with E-state index < -0.39 is 36.0 Å². The number of carbonyl (C=O) groups excluding carboxylic acids is 3. The Kier molecular flexibility index (Phi) is 5.10. The van der Waals surface area contributed by atoms with Gasteiger partial charge in [-0.15, -0.1) is 0 Å². The number of nitrogens with two attached hydrogens (primary N) is 1. The maximum Gasteiger partial charge on any atom is 1.00 e. The number of hydrogen-bond donors (Lipinski definition) is 3. The molecule has 4 N–H and O–H groups in total. The van der Waals surface area contributed by atoms with Crippen molar-refractivity contribution in [3.8, 4) is 0 Å². The first kappa shape index (κ1) is 18.3. The van der Waals surface area contributed by atoms with Crippen molar-refractivity contribution in [3.63, 3.8) is 0 Å². The number of rotatable bonds is 3. The molecule has 8 nitrogen and oxygen atoms in total. The van der Waals surface area contributed by atoms with Crippen LogP contribution in [0.5, 0.6) is 0 Å². The van der Waals surface area contributed by atoms with Crippen LogP contribution in [0.3, 0.4) is 0 Å². The standard InChI is InChI=1S/C14H19N3O5.Na/c1-5(18)8-10-6-3-2-4-7(16-14(15)22)9(6)11(13(20)21)17(10)12(8)19;/h5-8,10,18H,2-4H2,1H3,(H,20,21)(H3,15,16,22);/q;+1/p-1/t5?,6-,7-,8+,10+;/m0./s1. The molecule has 1 aliphatic carbocycles. The van der Waals surface area contributed by atoms with Gasteiger partial charge in [-0.1, -0.05) is 6.42 Å². The van der Waals surface area contributed by atoms with Crippen LogP contribution in [-0.4, -0.2) is 46.1 Å². The van der Waals surface area contributed by atoms with Gasteiger partial charge >= 0.3 is 35.6 Å². The Bertz CT molecular complexity index is 591. The van der Waals surface area contributed by atoms with Crippen molar-refractivity contribution in [2.45, 2.75) is 44.4 Å². The van der Waals surface area contributed by atoms with Crippen molar-refractivity contribution in [1.29, 1.82) is 0 Å². The van der Waals surface area contributed by atoms with Crippen LogP contribution < -0.4 is 45.7 Å². The number of fused-ring (bicyclic) bond motifs is 3. The molecule has 2 heterocycles. The smallest absolute Gasteiger partial charge is 0.543 e. The minimum atomic E-state index is -1.43. The van der Waals surface area contributed by atoms with Crippen LogP contribution in [0.1, 0.15) is 26.2 Å². The summed E-state index contributed by atoms with van der Waals surface area (Å²) in [6, 6.07) is -1.60. The molecule has 0 aromatic heterocycles. The summed E-state index contributed by atoms with van der Waals surface area (Å²) in [7, 11) is 0. The topological polar surface area (TPSA) is 136 Å². The van der Waals surface area contributed by atoms with Crippen molar-refractivity contribution in [3.05, 3.63) is 11.3 Å². The average molecular weight is 331 g/mol. The van der Waals surface area contributed by atoms with Crippen LogP contribution in [0.4, 0.5) is 4.79 Å². The van der Waals surface area contributed by atoms with Crippen LogP contribution in [0.25, 0.3) is 0 Å². The van der Waals surface area contributed by atoms with E-state index >= 15 is 0 Å². The third-order valence-corrected chi connectivity index (χ3v) is 4.93. The second-order valence-corrected chi connectivity index (χ2v) is 6.16. The molecular weight excluding hydrogens is 313 g/mol. The van der Waals surface area contributed by atoms with Gasteiger partial charge in [-0.2, -0.15) is 0 Å². The summed E-state index contributed by atoms with van der Waals surface area (Å²) in [6.45, 7) is 1.53. The largest absolute Gasteiger partial charge is 1.00 e. The number of carbonyl (C=O) groups is 3. The number of carboxylic acid groups (broad SMARTS) is 1. The van der Waals surface area contributed by atoms with E-state index in [0.717, 1.165) is 6.42 Å². The van der Waals surface area contributed by atoms with Crippen molar-refractivity contribution in [2.24, 2.45) is 17.6 Å². The fourth-order valence-corrected chi connectivity index (χ4v) is 4.20. The molecule has 0 aromatic rings. The average Bonchev–Trinajstić information content (AvgIpc) is 2.69. The molecule has 3 aliphatic rings. The van der Waals surface area contributed by atoms with Crippen molar-refractivity contribution < 1.29 is 54.2 Å². The normalized spacial score (nSPS) is 33.1. The number of nitrogens with zero attached hydrogens (tertiary/aromatic N) is 1. The Labute approximate surface area is 155 Å². The zero-order valence-electron chi connectivity index (χ0n) is 13.1. The predicted octanol–water partition coefficient (Wildman–Crippen LogP) is -4.95. The number of aliphatic carboxylic acids is 1. The first-order valence-corrected chi connectivity index (χ1v) is 7.37. The number of urea groups is 1. The van der Waals surface area contributed by atoms with Crippen molar-refractivity contribution in [1.82, 2.24) is 10.2 Å². The molecule has 23 heavy (non-hydrogen) atoms. The zero-order valence-corrected chi connectivity index (χ0v) is 15.1. The summed E-state index contributed by atoms with van der Waals surface area (Å²) in [5, 5.41) is 23.9. The summed E-state index contributed by atoms with van der Waals surface area (Å²) < 4.78 is 0. The first-order chi connectivity index (χ1) is 10.3. The van der Waals surface area contributed by atoms with Gasteiger partial charge in [0.2, 0.25) is 5.91 Å². The third-order valence-electron chi connectivity index (χ3n) is 4.93. The van der Waals surface area contributed by atoms with E-state index in [-0.39, 0.29) is 47.2 Å². The molecule has 0 bridgehead atoms. The second kappa shape index (κ2) is 6.43. The van der Waals surface area contributed by atoms with Gasteiger partial charge in [0.05, 0.1) is 35.8 Å². The number of nitrogens with one attached hydrogen (secondary N) is 1. The molecule has 0 radical (unpaired) electrons. The minimum absolute atomic E-state index is 0. The molecule has 0 spiro atoms. The Hall–Kier alpha value is -1.09. The molecule has 2 fully saturated rings. The number of aliphatic hydroxyl groups is 1. The number of amides is 3.